The van der Waals surface area contributed by atoms with Gasteiger partial charge in [-0.1, -0.05) is 31.6 Å². The molecule has 1 heterocycles. The lowest BCUT2D eigenvalue weighted by Gasteiger charge is -2.24. The second kappa shape index (κ2) is 5.94. The fourth-order valence-corrected chi connectivity index (χ4v) is 4.86. The van der Waals surface area contributed by atoms with Crippen LogP contribution in [0.2, 0.25) is 0 Å². The molecule has 2 unspecified atom stereocenters. The lowest BCUT2D eigenvalue weighted by atomic mass is 10.0. The normalized spacial score (nSPS) is 24.9. The van der Waals surface area contributed by atoms with Crippen LogP contribution in [-0.2, 0) is 0 Å². The Kier molecular flexibility index (Phi) is 4.22. The Morgan fingerprint density at radius 2 is 2.05 bits per heavy atom. The Morgan fingerprint density at radius 3 is 2.65 bits per heavy atom. The van der Waals surface area contributed by atoms with Gasteiger partial charge in [0.15, 0.2) is 0 Å². The van der Waals surface area contributed by atoms with Crippen LogP contribution in [0.15, 0.2) is 23.1 Å². The van der Waals surface area contributed by atoms with Gasteiger partial charge in [-0.05, 0) is 42.6 Å². The minimum Gasteiger partial charge on any atom is -0.389 e. The number of fused-ring (bicyclic) bond motifs is 1. The molecule has 1 aromatic rings. The molecule has 108 valence electrons. The molecule has 2 fully saturated rings. The second-order valence-corrected chi connectivity index (χ2v) is 7.55. The first-order valence-corrected chi connectivity index (χ1v) is 8.90. The summed E-state index contributed by atoms with van der Waals surface area (Å²) < 4.78 is 0. The number of hydrogen-bond donors (Lipinski definition) is 1. The molecular weight excluding hydrogens is 284 g/mol. The van der Waals surface area contributed by atoms with Gasteiger partial charge in [-0.3, -0.25) is 0 Å². The first kappa shape index (κ1) is 14.2. The molecule has 0 spiro atoms. The molecule has 2 aliphatic rings. The van der Waals surface area contributed by atoms with Crippen molar-refractivity contribution in [3.63, 3.8) is 0 Å². The molecule has 4 heteroatoms. The molecule has 3 rings (SSSR count). The largest absolute Gasteiger partial charge is 0.389 e. The standard InChI is InChI=1S/C16H22N2S2/c1-2-20-14-8-4-7-13(15(14)16(17)19)18-9-11-5-3-6-12(11)10-18/h4,7-8,11-12H,2-3,5-6,9-10H2,1H3,(H2,17,19). The fourth-order valence-electron chi connectivity index (χ4n) is 3.74. The number of nitrogens with zero attached hydrogens (tertiary/aromatic N) is 1. The summed E-state index contributed by atoms with van der Waals surface area (Å²) in [5.74, 6) is 2.82. The van der Waals surface area contributed by atoms with Crippen LogP contribution in [-0.4, -0.2) is 23.8 Å². The topological polar surface area (TPSA) is 29.3 Å². The van der Waals surface area contributed by atoms with Gasteiger partial charge in [0.2, 0.25) is 0 Å². The van der Waals surface area contributed by atoms with E-state index in [1.807, 2.05) is 11.8 Å². The van der Waals surface area contributed by atoms with Crippen molar-refractivity contribution in [1.82, 2.24) is 0 Å². The van der Waals surface area contributed by atoms with Crippen molar-refractivity contribution in [2.24, 2.45) is 17.6 Å². The van der Waals surface area contributed by atoms with E-state index >= 15 is 0 Å². The smallest absolute Gasteiger partial charge is 0.107 e. The summed E-state index contributed by atoms with van der Waals surface area (Å²) >= 11 is 7.16. The van der Waals surface area contributed by atoms with Crippen LogP contribution < -0.4 is 10.6 Å². The molecule has 1 saturated carbocycles. The van der Waals surface area contributed by atoms with E-state index < -0.39 is 0 Å². The molecule has 20 heavy (non-hydrogen) atoms. The quantitative estimate of drug-likeness (QED) is 0.679. The highest BCUT2D eigenvalue weighted by Crippen LogP contribution is 2.41. The Hall–Kier alpha value is -0.740. The van der Waals surface area contributed by atoms with Crippen LogP contribution in [0.5, 0.6) is 0 Å². The Bertz CT molecular complexity index is 503. The monoisotopic (exact) mass is 306 g/mol. The van der Waals surface area contributed by atoms with Crippen LogP contribution in [0, 0.1) is 11.8 Å². The molecule has 1 saturated heterocycles. The average Bonchev–Trinajstić information content (AvgIpc) is 2.99. The van der Waals surface area contributed by atoms with Gasteiger partial charge < -0.3 is 10.6 Å². The molecule has 0 radical (unpaired) electrons. The minimum atomic E-state index is 0.536. The Morgan fingerprint density at radius 1 is 1.35 bits per heavy atom. The maximum absolute atomic E-state index is 6.02. The summed E-state index contributed by atoms with van der Waals surface area (Å²) in [6, 6.07) is 6.47. The van der Waals surface area contributed by atoms with Crippen LogP contribution >= 0.6 is 24.0 Å². The highest BCUT2D eigenvalue weighted by atomic mass is 32.2. The second-order valence-electron chi connectivity index (χ2n) is 5.80. The van der Waals surface area contributed by atoms with Crippen LogP contribution in [0.25, 0.3) is 0 Å². The van der Waals surface area contributed by atoms with Crippen LogP contribution in [0.3, 0.4) is 0 Å². The number of anilines is 1. The predicted molar refractivity (Wildman–Crippen MR) is 91.8 cm³/mol. The summed E-state index contributed by atoms with van der Waals surface area (Å²) in [5, 5.41) is 0. The maximum atomic E-state index is 6.02. The van der Waals surface area contributed by atoms with Gasteiger partial charge in [0, 0.05) is 29.2 Å². The number of rotatable bonds is 4. The predicted octanol–water partition coefficient (Wildman–Crippen LogP) is 3.67. The molecule has 0 aromatic heterocycles. The van der Waals surface area contributed by atoms with Crippen molar-refractivity contribution in [3.05, 3.63) is 23.8 Å². The van der Waals surface area contributed by atoms with E-state index in [2.05, 4.69) is 30.0 Å². The molecule has 1 aromatic carbocycles. The zero-order valence-corrected chi connectivity index (χ0v) is 13.6. The van der Waals surface area contributed by atoms with Gasteiger partial charge in [0.25, 0.3) is 0 Å². The van der Waals surface area contributed by atoms with Gasteiger partial charge in [0.05, 0.1) is 0 Å². The van der Waals surface area contributed by atoms with E-state index in [1.54, 1.807) is 0 Å². The molecule has 0 bridgehead atoms. The highest BCUT2D eigenvalue weighted by molar-refractivity contribution is 7.99. The van der Waals surface area contributed by atoms with Crippen molar-refractivity contribution in [3.8, 4) is 0 Å². The zero-order valence-electron chi connectivity index (χ0n) is 12.0. The summed E-state index contributed by atoms with van der Waals surface area (Å²) in [5.41, 5.74) is 8.37. The van der Waals surface area contributed by atoms with Crippen molar-refractivity contribution < 1.29 is 0 Å². The van der Waals surface area contributed by atoms with E-state index in [0.29, 0.717) is 4.99 Å². The maximum Gasteiger partial charge on any atom is 0.107 e. The summed E-state index contributed by atoms with van der Waals surface area (Å²) in [6.45, 7) is 4.53. The van der Waals surface area contributed by atoms with Crippen molar-refractivity contribution in [1.29, 1.82) is 0 Å². The lowest BCUT2D eigenvalue weighted by Crippen LogP contribution is -2.25. The van der Waals surface area contributed by atoms with Crippen molar-refractivity contribution in [2.75, 3.05) is 23.7 Å². The van der Waals surface area contributed by atoms with E-state index in [4.69, 9.17) is 18.0 Å². The molecular formula is C16H22N2S2. The van der Waals surface area contributed by atoms with E-state index in [-0.39, 0.29) is 0 Å². The fraction of sp³-hybridized carbons (Fsp3) is 0.562. The highest BCUT2D eigenvalue weighted by Gasteiger charge is 2.37. The number of hydrogen-bond acceptors (Lipinski definition) is 3. The third kappa shape index (κ3) is 2.56. The van der Waals surface area contributed by atoms with Gasteiger partial charge in [0.1, 0.15) is 4.99 Å². The molecule has 0 amide bonds. The number of benzene rings is 1. The number of thioether (sulfide) groups is 1. The van der Waals surface area contributed by atoms with Crippen molar-refractivity contribution in [2.45, 2.75) is 31.1 Å². The van der Waals surface area contributed by atoms with E-state index in [0.717, 1.165) is 23.2 Å². The summed E-state index contributed by atoms with van der Waals surface area (Å²) in [4.78, 5) is 4.28. The number of nitrogens with two attached hydrogens (primary N) is 1. The van der Waals surface area contributed by atoms with Crippen molar-refractivity contribution >= 4 is 34.7 Å². The summed E-state index contributed by atoms with van der Waals surface area (Å²) in [7, 11) is 0. The van der Waals surface area contributed by atoms with E-state index in [9.17, 15) is 0 Å². The Balaban J connectivity index is 1.93. The third-order valence-corrected chi connectivity index (χ3v) is 5.76. The van der Waals surface area contributed by atoms with Gasteiger partial charge >= 0.3 is 0 Å². The molecule has 2 N–H and O–H groups in total. The zero-order chi connectivity index (χ0) is 14.1. The Labute approximate surface area is 131 Å². The molecule has 2 nitrogen and oxygen atoms in total. The van der Waals surface area contributed by atoms with Gasteiger partial charge in [-0.15, -0.1) is 11.8 Å². The SMILES string of the molecule is CCSc1cccc(N2CC3CCCC3C2)c1C(N)=S. The molecule has 1 aliphatic heterocycles. The van der Waals surface area contributed by atoms with Crippen LogP contribution in [0.4, 0.5) is 5.69 Å². The first-order valence-electron chi connectivity index (χ1n) is 7.51. The molecule has 2 atom stereocenters. The van der Waals surface area contributed by atoms with Crippen LogP contribution in [0.1, 0.15) is 31.7 Å². The van der Waals surface area contributed by atoms with Gasteiger partial charge in [-0.25, -0.2) is 0 Å². The average molecular weight is 306 g/mol. The third-order valence-electron chi connectivity index (χ3n) is 4.62. The van der Waals surface area contributed by atoms with E-state index in [1.165, 1.54) is 42.9 Å². The van der Waals surface area contributed by atoms with Gasteiger partial charge in [-0.2, -0.15) is 0 Å². The molecule has 1 aliphatic carbocycles. The first-order chi connectivity index (χ1) is 9.70. The minimum absolute atomic E-state index is 0.536. The summed E-state index contributed by atoms with van der Waals surface area (Å²) in [6.07, 6.45) is 4.21. The lowest BCUT2D eigenvalue weighted by molar-refractivity contribution is 0.494. The number of thiocarbonyl (C=S) groups is 1.